The zero-order valence-corrected chi connectivity index (χ0v) is 23.9. The van der Waals surface area contributed by atoms with E-state index in [4.69, 9.17) is 9.57 Å². The molecule has 2 saturated heterocycles. The number of nitrogens with zero attached hydrogens (tertiary/aromatic N) is 2. The molecular weight excluding hydrogens is 547 g/mol. The first kappa shape index (κ1) is 28.8. The second-order valence-corrected chi connectivity index (χ2v) is 12.6. The van der Waals surface area contributed by atoms with E-state index in [1.54, 1.807) is 12.1 Å². The number of oxime groups is 1. The van der Waals surface area contributed by atoms with E-state index in [-0.39, 0.29) is 17.5 Å². The molecule has 6 rings (SSSR count). The Morgan fingerprint density at radius 3 is 2.57 bits per heavy atom. The summed E-state index contributed by atoms with van der Waals surface area (Å²) in [6.07, 6.45) is 3.85. The molecule has 3 aliphatic heterocycles. The number of ether oxygens (including phenoxy) is 1. The minimum atomic E-state index is -2.59. The zero-order valence-electron chi connectivity index (χ0n) is 23.9. The minimum Gasteiger partial charge on any atom is -0.487 e. The van der Waals surface area contributed by atoms with Crippen LogP contribution in [0, 0.1) is 11.2 Å². The summed E-state index contributed by atoms with van der Waals surface area (Å²) < 4.78 is 45.6. The average Bonchev–Trinajstić information content (AvgIpc) is 3.71. The van der Waals surface area contributed by atoms with Gasteiger partial charge in [-0.3, -0.25) is 4.79 Å². The molecule has 1 saturated carbocycles. The van der Waals surface area contributed by atoms with Crippen molar-refractivity contribution < 1.29 is 32.6 Å². The Kier molecular flexibility index (Phi) is 7.85. The summed E-state index contributed by atoms with van der Waals surface area (Å²) >= 11 is 0. The van der Waals surface area contributed by atoms with Crippen LogP contribution in [0.3, 0.4) is 0 Å². The minimum absolute atomic E-state index is 0.142. The monoisotopic (exact) mass is 585 g/mol. The molecule has 4 aliphatic rings. The van der Waals surface area contributed by atoms with Crippen molar-refractivity contribution in [1.82, 2.24) is 10.2 Å². The van der Waals surface area contributed by atoms with E-state index in [0.29, 0.717) is 44.0 Å². The highest BCUT2D eigenvalue weighted by molar-refractivity contribution is 5.85. The van der Waals surface area contributed by atoms with Crippen LogP contribution in [0.1, 0.15) is 68.9 Å². The van der Waals surface area contributed by atoms with Gasteiger partial charge in [0.05, 0.1) is 17.9 Å². The van der Waals surface area contributed by atoms with Crippen LogP contribution in [-0.2, 0) is 16.1 Å². The van der Waals surface area contributed by atoms with E-state index < -0.39 is 24.4 Å². The molecule has 2 N–H and O–H groups in total. The molecule has 42 heavy (non-hydrogen) atoms. The lowest BCUT2D eigenvalue weighted by Crippen LogP contribution is -2.68. The van der Waals surface area contributed by atoms with Gasteiger partial charge in [-0.05, 0) is 92.7 Å². The van der Waals surface area contributed by atoms with Gasteiger partial charge in [-0.25, -0.2) is 13.2 Å². The molecule has 10 heteroatoms. The maximum Gasteiger partial charge on any atom is 0.309 e. The molecule has 3 fully saturated rings. The van der Waals surface area contributed by atoms with Crippen LogP contribution in [0.4, 0.5) is 13.2 Å². The summed E-state index contributed by atoms with van der Waals surface area (Å²) in [5.74, 6) is 0.591. The summed E-state index contributed by atoms with van der Waals surface area (Å²) in [7, 11) is 0. The van der Waals surface area contributed by atoms with Gasteiger partial charge in [-0.1, -0.05) is 23.4 Å². The first-order chi connectivity index (χ1) is 20.2. The largest absolute Gasteiger partial charge is 0.487 e. The number of halogens is 3. The van der Waals surface area contributed by atoms with Gasteiger partial charge in [0, 0.05) is 25.2 Å². The molecule has 226 valence electrons. The number of carboxylic acid groups (broad SMARTS) is 1. The summed E-state index contributed by atoms with van der Waals surface area (Å²) in [5, 5.41) is 17.5. The van der Waals surface area contributed by atoms with Gasteiger partial charge in [0.15, 0.2) is 5.60 Å². The van der Waals surface area contributed by atoms with Gasteiger partial charge < -0.3 is 24.9 Å². The van der Waals surface area contributed by atoms with Crippen molar-refractivity contribution in [3.05, 3.63) is 53.3 Å². The van der Waals surface area contributed by atoms with Gasteiger partial charge in [0.2, 0.25) is 0 Å². The standard InChI is InChI=1S/C32H38F3N3O4/c1-31(30(39)40)11-13-38(14-12-31)28-17-32(42-37-28)19-36-26(32)4-2-3-20-15-24(21-5-6-21)29(22-7-9-23(33)10-8-22)25(16-20)41-18-27(34)35/h7-10,15-16,21,26-27,36H,2-6,11-14,17-19H2,1H3,(H,39,40). The molecule has 1 spiro atoms. The Morgan fingerprint density at radius 2 is 1.95 bits per heavy atom. The molecule has 2 aromatic rings. The fourth-order valence-electron chi connectivity index (χ4n) is 6.50. The number of aliphatic carboxylic acids is 1. The third kappa shape index (κ3) is 5.82. The molecule has 0 bridgehead atoms. The highest BCUT2D eigenvalue weighted by Gasteiger charge is 2.54. The zero-order chi connectivity index (χ0) is 29.5. The molecule has 2 aromatic carbocycles. The second kappa shape index (κ2) is 11.4. The van der Waals surface area contributed by atoms with Crippen molar-refractivity contribution in [2.75, 3.05) is 26.2 Å². The molecular formula is C32H38F3N3O4. The third-order valence-corrected chi connectivity index (χ3v) is 9.49. The smallest absolute Gasteiger partial charge is 0.309 e. The van der Waals surface area contributed by atoms with E-state index in [0.717, 1.165) is 66.7 Å². The van der Waals surface area contributed by atoms with Crippen LogP contribution in [0.25, 0.3) is 11.1 Å². The summed E-state index contributed by atoms with van der Waals surface area (Å²) in [6, 6.07) is 10.3. The Bertz CT molecular complexity index is 1340. The number of nitrogens with one attached hydrogen (secondary N) is 1. The first-order valence-corrected chi connectivity index (χ1v) is 15.0. The number of hydrogen-bond donors (Lipinski definition) is 2. The highest BCUT2D eigenvalue weighted by atomic mass is 19.3. The molecule has 2 unspecified atom stereocenters. The van der Waals surface area contributed by atoms with Crippen LogP contribution in [0.5, 0.6) is 5.75 Å². The van der Waals surface area contributed by atoms with Crippen molar-refractivity contribution in [2.45, 2.75) is 82.3 Å². The molecule has 7 nitrogen and oxygen atoms in total. The molecule has 0 radical (unpaired) electrons. The van der Waals surface area contributed by atoms with E-state index in [9.17, 15) is 23.1 Å². The number of benzene rings is 2. The second-order valence-electron chi connectivity index (χ2n) is 12.6. The van der Waals surface area contributed by atoms with Crippen molar-refractivity contribution in [1.29, 1.82) is 0 Å². The first-order valence-electron chi connectivity index (χ1n) is 15.0. The summed E-state index contributed by atoms with van der Waals surface area (Å²) in [6.45, 7) is 3.15. The number of carbonyl (C=O) groups is 1. The molecule has 0 amide bonds. The van der Waals surface area contributed by atoms with Crippen LogP contribution < -0.4 is 10.1 Å². The highest BCUT2D eigenvalue weighted by Crippen LogP contribution is 2.48. The lowest BCUT2D eigenvalue weighted by atomic mass is 9.78. The fourth-order valence-corrected chi connectivity index (χ4v) is 6.50. The normalized spacial score (nSPS) is 24.8. The topological polar surface area (TPSA) is 83.4 Å². The van der Waals surface area contributed by atoms with Crippen molar-refractivity contribution in [3.8, 4) is 16.9 Å². The van der Waals surface area contributed by atoms with E-state index in [1.165, 1.54) is 12.1 Å². The van der Waals surface area contributed by atoms with Crippen molar-refractivity contribution in [2.24, 2.45) is 10.6 Å². The van der Waals surface area contributed by atoms with Crippen molar-refractivity contribution in [3.63, 3.8) is 0 Å². The van der Waals surface area contributed by atoms with Gasteiger partial charge >= 0.3 is 5.97 Å². The lowest BCUT2D eigenvalue weighted by Gasteiger charge is -2.45. The Balaban J connectivity index is 1.10. The third-order valence-electron chi connectivity index (χ3n) is 9.49. The van der Waals surface area contributed by atoms with E-state index >= 15 is 0 Å². The number of alkyl halides is 2. The van der Waals surface area contributed by atoms with E-state index in [1.807, 2.05) is 13.0 Å². The average molecular weight is 586 g/mol. The van der Waals surface area contributed by atoms with E-state index in [2.05, 4.69) is 21.4 Å². The number of likely N-dealkylation sites (tertiary alicyclic amines) is 1. The fraction of sp³-hybridized carbons (Fsp3) is 0.562. The number of hydrogen-bond acceptors (Lipinski definition) is 6. The molecule has 0 aromatic heterocycles. The number of piperidine rings is 1. The number of rotatable bonds is 10. The SMILES string of the molecule is CC1(C(=O)O)CCN(C2=NOC3(CNC3CCCc3cc(OCC(F)F)c(-c4ccc(F)cc4)c(C4CC4)c3)C2)CC1. The summed E-state index contributed by atoms with van der Waals surface area (Å²) in [4.78, 5) is 19.8. The number of amidine groups is 1. The van der Waals surface area contributed by atoms with Gasteiger partial charge in [-0.15, -0.1) is 0 Å². The van der Waals surface area contributed by atoms with Gasteiger partial charge in [-0.2, -0.15) is 0 Å². The molecule has 3 heterocycles. The van der Waals surface area contributed by atoms with Crippen molar-refractivity contribution >= 4 is 11.8 Å². The van der Waals surface area contributed by atoms with Crippen LogP contribution in [0.15, 0.2) is 41.6 Å². The maximum atomic E-state index is 13.6. The Morgan fingerprint density at radius 1 is 1.21 bits per heavy atom. The molecule has 1 aliphatic carbocycles. The van der Waals surface area contributed by atoms with Crippen LogP contribution in [-0.4, -0.2) is 66.1 Å². The predicted molar refractivity (Wildman–Crippen MR) is 152 cm³/mol. The van der Waals surface area contributed by atoms with Gasteiger partial charge in [0.1, 0.15) is 24.0 Å². The van der Waals surface area contributed by atoms with Gasteiger partial charge in [0.25, 0.3) is 6.43 Å². The quantitative estimate of drug-likeness (QED) is 0.358. The Labute approximate surface area is 244 Å². The molecule has 2 atom stereocenters. The Hall–Kier alpha value is -3.27. The lowest BCUT2D eigenvalue weighted by molar-refractivity contribution is -0.150. The number of aryl methyl sites for hydroxylation is 1. The summed E-state index contributed by atoms with van der Waals surface area (Å²) in [5.41, 5.74) is 2.62. The van der Waals surface area contributed by atoms with Crippen LogP contribution >= 0.6 is 0 Å². The predicted octanol–water partition coefficient (Wildman–Crippen LogP) is 5.97. The maximum absolute atomic E-state index is 13.6. The van der Waals surface area contributed by atoms with Crippen LogP contribution in [0.2, 0.25) is 0 Å². The number of carboxylic acids is 1.